The number of methoxy groups -OCH3 is 2. The fourth-order valence-corrected chi connectivity index (χ4v) is 2.28. The number of aryl methyl sites for hydroxylation is 1. The maximum atomic E-state index is 12.5. The van der Waals surface area contributed by atoms with E-state index in [1.807, 2.05) is 6.92 Å². The Morgan fingerprint density at radius 2 is 2.00 bits per heavy atom. The molecule has 0 aliphatic carbocycles. The summed E-state index contributed by atoms with van der Waals surface area (Å²) in [6, 6.07) is 8.61. The Morgan fingerprint density at radius 3 is 2.74 bits per heavy atom. The van der Waals surface area contributed by atoms with Crippen molar-refractivity contribution < 1.29 is 14.3 Å². The van der Waals surface area contributed by atoms with Gasteiger partial charge >= 0.3 is 0 Å². The van der Waals surface area contributed by atoms with Crippen LogP contribution < -0.4 is 14.8 Å². The molecule has 2 heterocycles. The first-order valence-electron chi connectivity index (χ1n) is 6.97. The fraction of sp³-hybridized carbons (Fsp3) is 0.188. The lowest BCUT2D eigenvalue weighted by Gasteiger charge is -2.12. The number of hydrogen-bond acceptors (Lipinski definition) is 5. The summed E-state index contributed by atoms with van der Waals surface area (Å²) in [5.41, 5.74) is 2.26. The summed E-state index contributed by atoms with van der Waals surface area (Å²) in [5.74, 6) is 0.834. The zero-order chi connectivity index (χ0) is 16.4. The van der Waals surface area contributed by atoms with E-state index in [4.69, 9.17) is 9.47 Å². The minimum absolute atomic E-state index is 0.306. The zero-order valence-corrected chi connectivity index (χ0v) is 13.0. The van der Waals surface area contributed by atoms with Crippen LogP contribution in [0.15, 0.2) is 36.5 Å². The molecule has 0 saturated heterocycles. The van der Waals surface area contributed by atoms with Gasteiger partial charge in [0.15, 0.2) is 5.65 Å². The van der Waals surface area contributed by atoms with Crippen molar-refractivity contribution in [1.82, 2.24) is 14.6 Å². The number of anilines is 1. The third kappa shape index (κ3) is 2.80. The third-order valence-electron chi connectivity index (χ3n) is 3.42. The molecule has 2 aromatic heterocycles. The molecule has 118 valence electrons. The normalized spacial score (nSPS) is 10.6. The van der Waals surface area contributed by atoms with Gasteiger partial charge in [0.25, 0.3) is 5.91 Å². The van der Waals surface area contributed by atoms with Crippen molar-refractivity contribution in [2.45, 2.75) is 6.92 Å². The van der Waals surface area contributed by atoms with Crippen LogP contribution in [0.3, 0.4) is 0 Å². The number of fused-ring (bicyclic) bond motifs is 1. The van der Waals surface area contributed by atoms with E-state index < -0.39 is 0 Å². The second-order valence-corrected chi connectivity index (χ2v) is 4.90. The molecular weight excluding hydrogens is 296 g/mol. The van der Waals surface area contributed by atoms with Crippen LogP contribution in [0.1, 0.15) is 16.2 Å². The predicted molar refractivity (Wildman–Crippen MR) is 85.2 cm³/mol. The average Bonchev–Trinajstić information content (AvgIpc) is 3.03. The monoisotopic (exact) mass is 312 g/mol. The molecule has 0 saturated carbocycles. The van der Waals surface area contributed by atoms with Crippen molar-refractivity contribution in [2.24, 2.45) is 0 Å². The van der Waals surface area contributed by atoms with Gasteiger partial charge in [-0.15, -0.1) is 0 Å². The van der Waals surface area contributed by atoms with Gasteiger partial charge in [-0.1, -0.05) is 0 Å². The van der Waals surface area contributed by atoms with Crippen LogP contribution in [0.25, 0.3) is 5.65 Å². The van der Waals surface area contributed by atoms with Crippen LogP contribution in [0.2, 0.25) is 0 Å². The second kappa shape index (κ2) is 5.96. The third-order valence-corrected chi connectivity index (χ3v) is 3.42. The fourth-order valence-electron chi connectivity index (χ4n) is 2.28. The van der Waals surface area contributed by atoms with E-state index in [-0.39, 0.29) is 5.91 Å². The van der Waals surface area contributed by atoms with Crippen LogP contribution in [0.5, 0.6) is 11.5 Å². The van der Waals surface area contributed by atoms with Crippen molar-refractivity contribution in [3.63, 3.8) is 0 Å². The molecule has 1 N–H and O–H groups in total. The quantitative estimate of drug-likeness (QED) is 0.800. The molecule has 0 spiro atoms. The zero-order valence-electron chi connectivity index (χ0n) is 13.0. The molecule has 7 heteroatoms. The molecule has 1 aromatic carbocycles. The molecule has 0 radical (unpaired) electrons. The Kier molecular flexibility index (Phi) is 3.84. The SMILES string of the molecule is COc1ccc(OC)c(NC(=O)c2cc(C)n3nccc3n2)c1. The number of carbonyl (C=O) groups excluding carboxylic acids is 1. The number of amides is 1. The molecule has 0 fully saturated rings. The van der Waals surface area contributed by atoms with Crippen LogP contribution in [0.4, 0.5) is 5.69 Å². The number of nitrogens with one attached hydrogen (secondary N) is 1. The predicted octanol–water partition coefficient (Wildman–Crippen LogP) is 2.31. The van der Waals surface area contributed by atoms with Gasteiger partial charge < -0.3 is 14.8 Å². The first-order chi connectivity index (χ1) is 11.1. The van der Waals surface area contributed by atoms with Crippen molar-refractivity contribution in [3.05, 3.63) is 47.9 Å². The van der Waals surface area contributed by atoms with Gasteiger partial charge in [0.2, 0.25) is 0 Å². The molecule has 0 atom stereocenters. The molecular formula is C16H16N4O3. The standard InChI is InChI=1S/C16H16N4O3/c1-10-8-13(18-15-6-7-17-20(10)15)16(21)19-12-9-11(22-2)4-5-14(12)23-3/h4-9H,1-3H3,(H,19,21). The lowest BCUT2D eigenvalue weighted by Crippen LogP contribution is -2.15. The molecule has 23 heavy (non-hydrogen) atoms. The number of nitrogens with zero attached hydrogens (tertiary/aromatic N) is 3. The lowest BCUT2D eigenvalue weighted by molar-refractivity contribution is 0.102. The van der Waals surface area contributed by atoms with Gasteiger partial charge in [-0.25, -0.2) is 9.50 Å². The largest absolute Gasteiger partial charge is 0.497 e. The molecule has 0 bridgehead atoms. The molecule has 0 aliphatic heterocycles. The van der Waals surface area contributed by atoms with Crippen molar-refractivity contribution in [1.29, 1.82) is 0 Å². The summed E-state index contributed by atoms with van der Waals surface area (Å²) in [6.45, 7) is 1.87. The van der Waals surface area contributed by atoms with Gasteiger partial charge in [-0.05, 0) is 25.1 Å². The Bertz CT molecular complexity index is 873. The molecule has 3 rings (SSSR count). The molecule has 0 unspecified atom stereocenters. The number of rotatable bonds is 4. The van der Waals surface area contributed by atoms with Crippen molar-refractivity contribution in [3.8, 4) is 11.5 Å². The van der Waals surface area contributed by atoms with Crippen LogP contribution in [-0.4, -0.2) is 34.7 Å². The summed E-state index contributed by atoms with van der Waals surface area (Å²) in [5, 5.41) is 6.94. The molecule has 0 aliphatic rings. The average molecular weight is 312 g/mol. The van der Waals surface area contributed by atoms with Crippen molar-refractivity contribution in [2.75, 3.05) is 19.5 Å². The van der Waals surface area contributed by atoms with Crippen LogP contribution in [-0.2, 0) is 0 Å². The minimum atomic E-state index is -0.330. The maximum Gasteiger partial charge on any atom is 0.274 e. The van der Waals surface area contributed by atoms with Gasteiger partial charge in [-0.3, -0.25) is 4.79 Å². The molecule has 1 amide bonds. The number of ether oxygens (including phenoxy) is 2. The number of aromatic nitrogens is 3. The van der Waals surface area contributed by atoms with Crippen LogP contribution >= 0.6 is 0 Å². The van der Waals surface area contributed by atoms with E-state index in [2.05, 4.69) is 15.4 Å². The summed E-state index contributed by atoms with van der Waals surface area (Å²) in [4.78, 5) is 16.8. The van der Waals surface area contributed by atoms with E-state index >= 15 is 0 Å². The highest BCUT2D eigenvalue weighted by molar-refractivity contribution is 6.04. The van der Waals surface area contributed by atoms with Gasteiger partial charge in [-0.2, -0.15) is 5.10 Å². The van der Waals surface area contributed by atoms with E-state index in [1.165, 1.54) is 7.11 Å². The minimum Gasteiger partial charge on any atom is -0.497 e. The maximum absolute atomic E-state index is 12.5. The Labute approximate surface area is 132 Å². The van der Waals surface area contributed by atoms with Crippen LogP contribution in [0, 0.1) is 6.92 Å². The van der Waals surface area contributed by atoms with E-state index in [0.717, 1.165) is 5.69 Å². The first-order valence-corrected chi connectivity index (χ1v) is 6.97. The summed E-state index contributed by atoms with van der Waals surface area (Å²) >= 11 is 0. The number of benzene rings is 1. The Morgan fingerprint density at radius 1 is 1.17 bits per heavy atom. The Balaban J connectivity index is 1.94. The van der Waals surface area contributed by atoms with E-state index in [1.54, 1.807) is 48.2 Å². The number of hydrogen-bond donors (Lipinski definition) is 1. The smallest absolute Gasteiger partial charge is 0.274 e. The lowest BCUT2D eigenvalue weighted by atomic mass is 10.2. The second-order valence-electron chi connectivity index (χ2n) is 4.90. The van der Waals surface area contributed by atoms with E-state index in [9.17, 15) is 4.79 Å². The molecule has 3 aromatic rings. The van der Waals surface area contributed by atoms with E-state index in [0.29, 0.717) is 28.5 Å². The summed E-state index contributed by atoms with van der Waals surface area (Å²) in [6.07, 6.45) is 1.64. The van der Waals surface area contributed by atoms with Gasteiger partial charge in [0.05, 0.1) is 26.1 Å². The van der Waals surface area contributed by atoms with Gasteiger partial charge in [0.1, 0.15) is 17.2 Å². The Hall–Kier alpha value is -3.09. The first kappa shape index (κ1) is 14.8. The topological polar surface area (TPSA) is 77.8 Å². The highest BCUT2D eigenvalue weighted by Gasteiger charge is 2.14. The highest BCUT2D eigenvalue weighted by Crippen LogP contribution is 2.29. The van der Waals surface area contributed by atoms with Gasteiger partial charge in [0, 0.05) is 17.8 Å². The number of carbonyl (C=O) groups is 1. The van der Waals surface area contributed by atoms with Crippen molar-refractivity contribution >= 4 is 17.2 Å². The summed E-state index contributed by atoms with van der Waals surface area (Å²) in [7, 11) is 3.10. The summed E-state index contributed by atoms with van der Waals surface area (Å²) < 4.78 is 12.1. The molecule has 7 nitrogen and oxygen atoms in total. The highest BCUT2D eigenvalue weighted by atomic mass is 16.5.